The number of benzene rings is 2. The van der Waals surface area contributed by atoms with Crippen LogP contribution in [0.2, 0.25) is 0 Å². The molecule has 154 valence electrons. The Bertz CT molecular complexity index is 871. The summed E-state index contributed by atoms with van der Waals surface area (Å²) in [4.78, 5) is 0.140. The van der Waals surface area contributed by atoms with Crippen LogP contribution in [0.1, 0.15) is 12.5 Å². The molecular formula is C20H28N2O5S. The van der Waals surface area contributed by atoms with Crippen molar-refractivity contribution in [2.45, 2.75) is 24.3 Å². The van der Waals surface area contributed by atoms with E-state index in [0.29, 0.717) is 36.8 Å². The lowest BCUT2D eigenvalue weighted by molar-refractivity contribution is 0.287. The maximum atomic E-state index is 12.2. The summed E-state index contributed by atoms with van der Waals surface area (Å²) in [6.07, 6.45) is 0.672. The molecule has 0 saturated heterocycles. The van der Waals surface area contributed by atoms with Gasteiger partial charge in [0.2, 0.25) is 10.0 Å². The minimum atomic E-state index is -3.58. The second-order valence-electron chi connectivity index (χ2n) is 6.25. The van der Waals surface area contributed by atoms with Gasteiger partial charge < -0.3 is 19.5 Å². The number of methoxy groups -OCH3 is 2. The molecule has 0 aliphatic heterocycles. The Balaban J connectivity index is 1.91. The molecule has 1 atom stereocenters. The predicted molar refractivity (Wildman–Crippen MR) is 109 cm³/mol. The topological polar surface area (TPSA) is 85.9 Å². The maximum Gasteiger partial charge on any atom is 0.244 e. The highest BCUT2D eigenvalue weighted by atomic mass is 32.2. The second kappa shape index (κ2) is 10.3. The first-order chi connectivity index (χ1) is 13.4. The standard InChI is InChI=1S/C20H28N2O5S/c1-15(22-11-12-27-18-8-6-5-7-17(18)25-3)13-16-9-10-19(26-4)20(14-16)28(23,24)21-2/h5-10,14-15,21-22H,11-13H2,1-4H3. The van der Waals surface area contributed by atoms with Crippen molar-refractivity contribution >= 4 is 10.0 Å². The summed E-state index contributed by atoms with van der Waals surface area (Å²) in [5.41, 5.74) is 0.903. The smallest absolute Gasteiger partial charge is 0.244 e. The van der Waals surface area contributed by atoms with Crippen molar-refractivity contribution in [3.63, 3.8) is 0 Å². The Morgan fingerprint density at radius 2 is 1.68 bits per heavy atom. The lowest BCUT2D eigenvalue weighted by Gasteiger charge is -2.16. The van der Waals surface area contributed by atoms with Gasteiger partial charge in [-0.3, -0.25) is 0 Å². The van der Waals surface area contributed by atoms with Crippen molar-refractivity contribution in [1.29, 1.82) is 0 Å². The molecule has 0 fully saturated rings. The molecule has 28 heavy (non-hydrogen) atoms. The minimum absolute atomic E-state index is 0.139. The van der Waals surface area contributed by atoms with Crippen molar-refractivity contribution in [2.24, 2.45) is 0 Å². The van der Waals surface area contributed by atoms with Crippen LogP contribution >= 0.6 is 0 Å². The van der Waals surface area contributed by atoms with Gasteiger partial charge in [-0.1, -0.05) is 18.2 Å². The third kappa shape index (κ3) is 5.85. The molecule has 0 saturated carbocycles. The lowest BCUT2D eigenvalue weighted by Crippen LogP contribution is -2.32. The second-order valence-corrected chi connectivity index (χ2v) is 8.11. The molecular weight excluding hydrogens is 380 g/mol. The van der Waals surface area contributed by atoms with Crippen molar-refractivity contribution in [3.8, 4) is 17.2 Å². The van der Waals surface area contributed by atoms with Crippen molar-refractivity contribution in [1.82, 2.24) is 10.0 Å². The number of sulfonamides is 1. The van der Waals surface area contributed by atoms with Crippen LogP contribution in [0.4, 0.5) is 0 Å². The fourth-order valence-electron chi connectivity index (χ4n) is 2.80. The third-order valence-corrected chi connectivity index (χ3v) is 5.69. The molecule has 0 aliphatic rings. The largest absolute Gasteiger partial charge is 0.495 e. The number of hydrogen-bond acceptors (Lipinski definition) is 6. The van der Waals surface area contributed by atoms with Gasteiger partial charge in [0.25, 0.3) is 0 Å². The van der Waals surface area contributed by atoms with Crippen LogP contribution in [0.3, 0.4) is 0 Å². The third-order valence-electron chi connectivity index (χ3n) is 4.25. The van der Waals surface area contributed by atoms with Crippen LogP contribution in [-0.4, -0.2) is 48.9 Å². The van der Waals surface area contributed by atoms with Crippen LogP contribution in [0.15, 0.2) is 47.4 Å². The van der Waals surface area contributed by atoms with Gasteiger partial charge in [0, 0.05) is 12.6 Å². The molecule has 0 aliphatic carbocycles. The van der Waals surface area contributed by atoms with Gasteiger partial charge in [-0.25, -0.2) is 13.1 Å². The summed E-state index contributed by atoms with van der Waals surface area (Å²) in [6.45, 7) is 3.18. The SMILES string of the molecule is CNS(=O)(=O)c1cc(CC(C)NCCOc2ccccc2OC)ccc1OC. The molecule has 0 radical (unpaired) electrons. The summed E-state index contributed by atoms with van der Waals surface area (Å²) in [6, 6.07) is 12.8. The Kier molecular flexibility index (Phi) is 8.10. The fraction of sp³-hybridized carbons (Fsp3) is 0.400. The highest BCUT2D eigenvalue weighted by Gasteiger charge is 2.18. The van der Waals surface area contributed by atoms with Gasteiger partial charge in [0.1, 0.15) is 17.3 Å². The van der Waals surface area contributed by atoms with E-state index in [9.17, 15) is 8.42 Å². The van der Waals surface area contributed by atoms with Gasteiger partial charge in [-0.05, 0) is 50.2 Å². The number of nitrogens with one attached hydrogen (secondary N) is 2. The predicted octanol–water partition coefficient (Wildman–Crippen LogP) is 2.21. The van der Waals surface area contributed by atoms with Gasteiger partial charge in [0.05, 0.1) is 14.2 Å². The molecule has 0 heterocycles. The molecule has 0 bridgehead atoms. The number of hydrogen-bond donors (Lipinski definition) is 2. The molecule has 8 heteroatoms. The molecule has 0 amide bonds. The normalized spacial score (nSPS) is 12.4. The van der Waals surface area contributed by atoms with E-state index < -0.39 is 10.0 Å². The summed E-state index contributed by atoms with van der Waals surface area (Å²) in [7, 11) is 0.863. The van der Waals surface area contributed by atoms with Crippen LogP contribution in [0.5, 0.6) is 17.2 Å². The van der Waals surface area contributed by atoms with Crippen LogP contribution in [0.25, 0.3) is 0 Å². The minimum Gasteiger partial charge on any atom is -0.495 e. The molecule has 2 aromatic rings. The van der Waals surface area contributed by atoms with E-state index in [0.717, 1.165) is 5.56 Å². The molecule has 2 N–H and O–H groups in total. The zero-order chi connectivity index (χ0) is 20.6. The zero-order valence-corrected chi connectivity index (χ0v) is 17.5. The zero-order valence-electron chi connectivity index (χ0n) is 16.7. The van der Waals surface area contributed by atoms with Crippen molar-refractivity contribution in [2.75, 3.05) is 34.4 Å². The van der Waals surface area contributed by atoms with E-state index in [1.165, 1.54) is 14.2 Å². The number of para-hydroxylation sites is 2. The van der Waals surface area contributed by atoms with Crippen LogP contribution in [0, 0.1) is 0 Å². The van der Waals surface area contributed by atoms with Gasteiger partial charge >= 0.3 is 0 Å². The van der Waals surface area contributed by atoms with Crippen molar-refractivity contribution < 1.29 is 22.6 Å². The first-order valence-corrected chi connectivity index (χ1v) is 10.5. The summed E-state index contributed by atoms with van der Waals surface area (Å²) < 4.78 is 42.9. The highest BCUT2D eigenvalue weighted by molar-refractivity contribution is 7.89. The fourth-order valence-corrected chi connectivity index (χ4v) is 3.74. The summed E-state index contributed by atoms with van der Waals surface area (Å²) >= 11 is 0. The molecule has 2 aromatic carbocycles. The summed E-state index contributed by atoms with van der Waals surface area (Å²) in [5, 5.41) is 3.38. The number of rotatable bonds is 11. The first-order valence-electron chi connectivity index (χ1n) is 9.01. The molecule has 0 aromatic heterocycles. The van der Waals surface area contributed by atoms with E-state index in [2.05, 4.69) is 10.0 Å². The Morgan fingerprint density at radius 3 is 2.32 bits per heavy atom. The van der Waals surface area contributed by atoms with Crippen LogP contribution in [-0.2, 0) is 16.4 Å². The van der Waals surface area contributed by atoms with Crippen molar-refractivity contribution in [3.05, 3.63) is 48.0 Å². The van der Waals surface area contributed by atoms with E-state index >= 15 is 0 Å². The Labute approximate surface area is 167 Å². The first kappa shape index (κ1) is 22.0. The van der Waals surface area contributed by atoms with Gasteiger partial charge in [-0.15, -0.1) is 0 Å². The average Bonchev–Trinajstić information content (AvgIpc) is 2.71. The van der Waals surface area contributed by atoms with Gasteiger partial charge in [-0.2, -0.15) is 0 Å². The molecule has 7 nitrogen and oxygen atoms in total. The van der Waals surface area contributed by atoms with Gasteiger partial charge in [0.15, 0.2) is 11.5 Å². The monoisotopic (exact) mass is 408 g/mol. The molecule has 2 rings (SSSR count). The molecule has 0 spiro atoms. The van der Waals surface area contributed by atoms with E-state index in [-0.39, 0.29) is 10.9 Å². The Hall–Kier alpha value is -2.29. The Morgan fingerprint density at radius 1 is 1.00 bits per heavy atom. The quantitative estimate of drug-likeness (QED) is 0.555. The van der Waals surface area contributed by atoms with E-state index in [1.807, 2.05) is 37.3 Å². The highest BCUT2D eigenvalue weighted by Crippen LogP contribution is 2.26. The molecule has 1 unspecified atom stereocenters. The lowest BCUT2D eigenvalue weighted by atomic mass is 10.1. The van der Waals surface area contributed by atoms with E-state index in [1.54, 1.807) is 19.2 Å². The number of ether oxygens (including phenoxy) is 3. The maximum absolute atomic E-state index is 12.2. The summed E-state index contributed by atoms with van der Waals surface area (Å²) in [5.74, 6) is 1.73. The average molecular weight is 409 g/mol. The van der Waals surface area contributed by atoms with Crippen LogP contribution < -0.4 is 24.2 Å². The van der Waals surface area contributed by atoms with E-state index in [4.69, 9.17) is 14.2 Å².